The van der Waals surface area contributed by atoms with Crippen LogP contribution in [0, 0.1) is 13.8 Å². The molecule has 1 fully saturated rings. The Kier molecular flexibility index (Phi) is 6.61. The summed E-state index contributed by atoms with van der Waals surface area (Å²) in [6.45, 7) is 8.81. The van der Waals surface area contributed by atoms with Crippen molar-refractivity contribution in [2.24, 2.45) is 5.14 Å². The Morgan fingerprint density at radius 3 is 2.09 bits per heavy atom. The Morgan fingerprint density at radius 1 is 1.00 bits per heavy atom. The second kappa shape index (κ2) is 9.19. The molecule has 7 nitrogen and oxygen atoms in total. The fraction of sp³-hybridized carbons (Fsp3) is 0.320. The van der Waals surface area contributed by atoms with Gasteiger partial charge in [-0.1, -0.05) is 23.7 Å². The highest BCUT2D eigenvalue weighted by atomic mass is 35.5. The molecule has 180 valence electrons. The van der Waals surface area contributed by atoms with E-state index in [1.165, 1.54) is 12.1 Å². The van der Waals surface area contributed by atoms with Crippen LogP contribution in [0.3, 0.4) is 0 Å². The van der Waals surface area contributed by atoms with Gasteiger partial charge < -0.3 is 14.2 Å². The number of hydrogen-bond donors (Lipinski definition) is 1. The SMILES string of the molecule is Cc1c(C(=O)N2C[C@@H](C)O[C@@H](C)C2)c(C)n(-c2ccc(S(N)(=O)=O)cc2)c1-c1ccc(Cl)cc1. The molecule has 34 heavy (non-hydrogen) atoms. The maximum atomic E-state index is 13.7. The zero-order valence-electron chi connectivity index (χ0n) is 19.6. The molecule has 0 saturated carbocycles. The number of amides is 1. The van der Waals surface area contributed by atoms with E-state index in [0.29, 0.717) is 23.7 Å². The van der Waals surface area contributed by atoms with Gasteiger partial charge in [0.2, 0.25) is 10.0 Å². The van der Waals surface area contributed by atoms with Crippen LogP contribution in [0.5, 0.6) is 0 Å². The lowest BCUT2D eigenvalue weighted by Crippen LogP contribution is -2.48. The average Bonchev–Trinajstić information content (AvgIpc) is 3.02. The van der Waals surface area contributed by atoms with Crippen molar-refractivity contribution in [2.75, 3.05) is 13.1 Å². The molecule has 1 saturated heterocycles. The van der Waals surface area contributed by atoms with Crippen LogP contribution in [0.1, 0.15) is 35.5 Å². The van der Waals surface area contributed by atoms with Gasteiger partial charge in [-0.15, -0.1) is 0 Å². The van der Waals surface area contributed by atoms with Crippen molar-refractivity contribution in [3.05, 3.63) is 70.4 Å². The molecule has 3 aromatic rings. The molecule has 2 N–H and O–H groups in total. The van der Waals surface area contributed by atoms with E-state index in [9.17, 15) is 13.2 Å². The lowest BCUT2D eigenvalue weighted by Gasteiger charge is -2.35. The zero-order valence-corrected chi connectivity index (χ0v) is 21.2. The smallest absolute Gasteiger partial charge is 0.256 e. The summed E-state index contributed by atoms with van der Waals surface area (Å²) in [5, 5.41) is 5.89. The molecule has 1 aromatic heterocycles. The Morgan fingerprint density at radius 2 is 1.56 bits per heavy atom. The third-order valence-corrected chi connectivity index (χ3v) is 7.29. The molecule has 2 heterocycles. The first kappa shape index (κ1) is 24.5. The van der Waals surface area contributed by atoms with Crippen LogP contribution in [0.4, 0.5) is 0 Å². The van der Waals surface area contributed by atoms with E-state index in [4.69, 9.17) is 21.5 Å². The molecule has 0 radical (unpaired) electrons. The Labute approximate surface area is 205 Å². The predicted molar refractivity (Wildman–Crippen MR) is 133 cm³/mol. The van der Waals surface area contributed by atoms with Crippen molar-refractivity contribution < 1.29 is 17.9 Å². The standard InChI is InChI=1S/C25H28ClN3O4S/c1-15-13-28(14-16(2)33-15)25(30)23-17(3)24(19-5-7-20(26)8-6-19)29(18(23)4)21-9-11-22(12-10-21)34(27,31)32/h5-12,15-16H,13-14H2,1-4H3,(H2,27,31,32)/t15-,16+. The zero-order chi connectivity index (χ0) is 24.8. The minimum absolute atomic E-state index is 0.0263. The molecule has 0 spiro atoms. The van der Waals surface area contributed by atoms with E-state index in [-0.39, 0.29) is 23.0 Å². The van der Waals surface area contributed by atoms with Gasteiger partial charge in [0, 0.05) is 29.5 Å². The van der Waals surface area contributed by atoms with E-state index in [0.717, 1.165) is 28.2 Å². The number of rotatable bonds is 4. The van der Waals surface area contributed by atoms with Crippen molar-refractivity contribution in [1.29, 1.82) is 0 Å². The van der Waals surface area contributed by atoms with E-state index in [1.807, 2.05) is 49.3 Å². The van der Waals surface area contributed by atoms with Crippen LogP contribution in [-0.2, 0) is 14.8 Å². The fourth-order valence-electron chi connectivity index (χ4n) is 4.71. The van der Waals surface area contributed by atoms with Crippen molar-refractivity contribution in [1.82, 2.24) is 9.47 Å². The number of hydrogen-bond acceptors (Lipinski definition) is 4. The Balaban J connectivity index is 1.89. The average molecular weight is 502 g/mol. The van der Waals surface area contributed by atoms with Crippen LogP contribution in [0.25, 0.3) is 16.9 Å². The highest BCUT2D eigenvalue weighted by molar-refractivity contribution is 7.89. The molecular formula is C25H28ClN3O4S. The Bertz CT molecular complexity index is 1320. The minimum atomic E-state index is -3.82. The van der Waals surface area contributed by atoms with Crippen LogP contribution < -0.4 is 5.14 Å². The summed E-state index contributed by atoms with van der Waals surface area (Å²) in [5.74, 6) is -0.0490. The number of nitrogens with zero attached hydrogens (tertiary/aromatic N) is 2. The van der Waals surface area contributed by atoms with E-state index in [2.05, 4.69) is 0 Å². The molecule has 2 aromatic carbocycles. The quantitative estimate of drug-likeness (QED) is 0.576. The maximum Gasteiger partial charge on any atom is 0.256 e. The van der Waals surface area contributed by atoms with Crippen molar-refractivity contribution in [3.63, 3.8) is 0 Å². The number of ether oxygens (including phenoxy) is 1. The third kappa shape index (κ3) is 4.63. The topological polar surface area (TPSA) is 94.6 Å². The normalized spacial score (nSPS) is 18.8. The number of carbonyl (C=O) groups excluding carboxylic acids is 1. The van der Waals surface area contributed by atoms with Gasteiger partial charge in [0.15, 0.2) is 0 Å². The first-order chi connectivity index (χ1) is 16.0. The molecule has 0 unspecified atom stereocenters. The number of nitrogens with two attached hydrogens (primary N) is 1. The molecule has 1 amide bonds. The molecule has 4 rings (SSSR count). The van der Waals surface area contributed by atoms with E-state index < -0.39 is 10.0 Å². The van der Waals surface area contributed by atoms with Gasteiger partial charge in [0.1, 0.15) is 0 Å². The summed E-state index contributed by atoms with van der Waals surface area (Å²) in [4.78, 5) is 15.6. The van der Waals surface area contributed by atoms with Gasteiger partial charge in [0.05, 0.1) is 28.4 Å². The van der Waals surface area contributed by atoms with Gasteiger partial charge >= 0.3 is 0 Å². The van der Waals surface area contributed by atoms with Crippen molar-refractivity contribution in [2.45, 2.75) is 44.8 Å². The minimum Gasteiger partial charge on any atom is -0.372 e. The van der Waals surface area contributed by atoms with Crippen LogP contribution in [0.2, 0.25) is 5.02 Å². The monoisotopic (exact) mass is 501 g/mol. The van der Waals surface area contributed by atoms with E-state index in [1.54, 1.807) is 24.3 Å². The number of primary sulfonamides is 1. The number of sulfonamides is 1. The van der Waals surface area contributed by atoms with Crippen molar-refractivity contribution in [3.8, 4) is 16.9 Å². The van der Waals surface area contributed by atoms with E-state index >= 15 is 0 Å². The summed E-state index contributed by atoms with van der Waals surface area (Å²) in [5.41, 5.74) is 4.69. The van der Waals surface area contributed by atoms with Gasteiger partial charge in [0.25, 0.3) is 5.91 Å². The number of carbonyl (C=O) groups is 1. The van der Waals surface area contributed by atoms with Gasteiger partial charge in [-0.05, 0) is 75.2 Å². The summed E-state index contributed by atoms with van der Waals surface area (Å²) >= 11 is 6.12. The Hall–Kier alpha value is -2.65. The van der Waals surface area contributed by atoms with Crippen LogP contribution >= 0.6 is 11.6 Å². The molecule has 1 aliphatic rings. The van der Waals surface area contributed by atoms with Gasteiger partial charge in [-0.25, -0.2) is 13.6 Å². The molecule has 1 aliphatic heterocycles. The second-order valence-electron chi connectivity index (χ2n) is 8.78. The van der Waals surface area contributed by atoms with Crippen LogP contribution in [-0.4, -0.2) is 49.1 Å². The largest absolute Gasteiger partial charge is 0.372 e. The summed E-state index contributed by atoms with van der Waals surface area (Å²) in [6.07, 6.45) is -0.0891. The highest BCUT2D eigenvalue weighted by Gasteiger charge is 2.31. The molecule has 2 atom stereocenters. The summed E-state index contributed by atoms with van der Waals surface area (Å²) in [7, 11) is -3.82. The number of aromatic nitrogens is 1. The van der Waals surface area contributed by atoms with Crippen molar-refractivity contribution >= 4 is 27.5 Å². The molecular weight excluding hydrogens is 474 g/mol. The second-order valence-corrected chi connectivity index (χ2v) is 10.8. The number of morpholine rings is 1. The summed E-state index contributed by atoms with van der Waals surface area (Å²) in [6, 6.07) is 13.8. The molecule has 9 heteroatoms. The number of halogens is 1. The molecule has 0 aliphatic carbocycles. The number of benzene rings is 2. The predicted octanol–water partition coefficient (Wildman–Crippen LogP) is 4.31. The first-order valence-electron chi connectivity index (χ1n) is 11.0. The third-order valence-electron chi connectivity index (χ3n) is 6.11. The van der Waals surface area contributed by atoms with Gasteiger partial charge in [-0.3, -0.25) is 4.79 Å². The highest BCUT2D eigenvalue weighted by Crippen LogP contribution is 2.35. The first-order valence-corrected chi connectivity index (χ1v) is 13.0. The maximum absolute atomic E-state index is 13.7. The molecule has 0 bridgehead atoms. The van der Waals surface area contributed by atoms with Gasteiger partial charge in [-0.2, -0.15) is 0 Å². The lowest BCUT2D eigenvalue weighted by molar-refractivity contribution is -0.0586. The lowest BCUT2D eigenvalue weighted by atomic mass is 10.0. The summed E-state index contributed by atoms with van der Waals surface area (Å²) < 4.78 is 31.3. The van der Waals surface area contributed by atoms with Crippen LogP contribution in [0.15, 0.2) is 53.4 Å². The fourth-order valence-corrected chi connectivity index (χ4v) is 5.36.